The minimum absolute atomic E-state index is 0.177. The fourth-order valence-corrected chi connectivity index (χ4v) is 7.32. The summed E-state index contributed by atoms with van der Waals surface area (Å²) in [5.74, 6) is 2.65. The molecule has 4 aliphatic carbocycles. The van der Waals surface area contributed by atoms with Crippen LogP contribution in [0.5, 0.6) is 0 Å². The van der Waals surface area contributed by atoms with Gasteiger partial charge in [0, 0.05) is 17.8 Å². The molecule has 0 saturated heterocycles. The minimum Gasteiger partial charge on any atom is -0.390 e. The molecule has 2 heteroatoms. The minimum atomic E-state index is -0.650. The lowest BCUT2D eigenvalue weighted by atomic mass is 9.44. The lowest BCUT2D eigenvalue weighted by Gasteiger charge is -2.60. The van der Waals surface area contributed by atoms with E-state index in [0.717, 1.165) is 18.8 Å². The molecule has 0 bridgehead atoms. The van der Waals surface area contributed by atoms with Crippen molar-refractivity contribution >= 4 is 5.78 Å². The van der Waals surface area contributed by atoms with Gasteiger partial charge in [-0.25, -0.2) is 0 Å². The van der Waals surface area contributed by atoms with E-state index in [9.17, 15) is 9.90 Å². The quantitative estimate of drug-likeness (QED) is 0.722. The molecule has 22 heavy (non-hydrogen) atoms. The predicted molar refractivity (Wildman–Crippen MR) is 87.4 cm³/mol. The van der Waals surface area contributed by atoms with E-state index in [1.807, 2.05) is 6.92 Å². The summed E-state index contributed by atoms with van der Waals surface area (Å²) in [5, 5.41) is 10.9. The number of carbonyl (C=O) groups is 1. The van der Waals surface area contributed by atoms with Crippen molar-refractivity contribution in [2.45, 2.75) is 84.2 Å². The zero-order valence-corrected chi connectivity index (χ0v) is 14.5. The van der Waals surface area contributed by atoms with Gasteiger partial charge in [0.05, 0.1) is 5.60 Å². The predicted octanol–water partition coefficient (Wildman–Crippen LogP) is 4.35. The van der Waals surface area contributed by atoms with E-state index in [4.69, 9.17) is 0 Å². The number of rotatable bonds is 0. The number of Topliss-reactive ketones (excluding diaryl/α,β-unsaturated/α-hetero) is 1. The molecule has 0 unspecified atom stereocenters. The highest BCUT2D eigenvalue weighted by atomic mass is 16.3. The molecule has 1 N–H and O–H groups in total. The van der Waals surface area contributed by atoms with Crippen molar-refractivity contribution in [1.29, 1.82) is 0 Å². The van der Waals surface area contributed by atoms with Gasteiger partial charge in [0.1, 0.15) is 5.78 Å². The first-order chi connectivity index (χ1) is 10.3. The molecule has 0 aromatic heterocycles. The van der Waals surface area contributed by atoms with Gasteiger partial charge in [-0.1, -0.05) is 26.7 Å². The highest BCUT2D eigenvalue weighted by Gasteiger charge is 2.65. The average Bonchev–Trinajstić information content (AvgIpc) is 2.68. The van der Waals surface area contributed by atoms with Crippen LogP contribution < -0.4 is 0 Å². The molecule has 2 nitrogen and oxygen atoms in total. The molecule has 4 rings (SSSR count). The van der Waals surface area contributed by atoms with Crippen LogP contribution in [0.25, 0.3) is 0 Å². The van der Waals surface area contributed by atoms with Gasteiger partial charge in [-0.2, -0.15) is 0 Å². The average molecular weight is 304 g/mol. The molecule has 7 atom stereocenters. The van der Waals surface area contributed by atoms with Crippen LogP contribution in [0.1, 0.15) is 78.6 Å². The Labute approximate surface area is 135 Å². The van der Waals surface area contributed by atoms with Crippen molar-refractivity contribution in [3.05, 3.63) is 0 Å². The third-order valence-corrected chi connectivity index (χ3v) is 8.83. The van der Waals surface area contributed by atoms with E-state index in [2.05, 4.69) is 13.8 Å². The van der Waals surface area contributed by atoms with Crippen molar-refractivity contribution in [2.24, 2.45) is 34.5 Å². The summed E-state index contributed by atoms with van der Waals surface area (Å²) < 4.78 is 0. The van der Waals surface area contributed by atoms with E-state index < -0.39 is 5.60 Å². The van der Waals surface area contributed by atoms with E-state index in [1.54, 1.807) is 0 Å². The second-order valence-corrected chi connectivity index (χ2v) is 9.65. The van der Waals surface area contributed by atoms with Gasteiger partial charge in [0.2, 0.25) is 0 Å². The lowest BCUT2D eigenvalue weighted by molar-refractivity contribution is -0.168. The van der Waals surface area contributed by atoms with Crippen LogP contribution in [0.4, 0.5) is 0 Å². The van der Waals surface area contributed by atoms with Crippen molar-refractivity contribution in [1.82, 2.24) is 0 Å². The Bertz CT molecular complexity index is 496. The monoisotopic (exact) mass is 304 g/mol. The number of fused-ring (bicyclic) bond motifs is 5. The Morgan fingerprint density at radius 3 is 2.55 bits per heavy atom. The lowest BCUT2D eigenvalue weighted by Crippen LogP contribution is -2.59. The molecule has 0 radical (unpaired) electrons. The number of aliphatic hydroxyl groups is 1. The second-order valence-electron chi connectivity index (χ2n) is 9.65. The standard InChI is InChI=1S/C20H32O2/c1-18-10-5-4-6-13(18)7-8-14-15-9-11-20(3,22)19(15,2)12-16(21)17(14)18/h13-15,17,22H,4-12H2,1-3H3/t13-,14-,15-,17+,18-,19-,20-/m0/s1. The SMILES string of the molecule is C[C@]12CCCC[C@H]1CC[C@@H]1[C@@H]2C(=O)C[C@@]2(C)[C@H]1CC[C@]2(C)O. The maximum atomic E-state index is 13.2. The largest absolute Gasteiger partial charge is 0.390 e. The molecule has 0 amide bonds. The highest BCUT2D eigenvalue weighted by Crippen LogP contribution is 2.67. The van der Waals surface area contributed by atoms with Gasteiger partial charge in [-0.15, -0.1) is 0 Å². The van der Waals surface area contributed by atoms with E-state index in [1.165, 1.54) is 38.5 Å². The highest BCUT2D eigenvalue weighted by molar-refractivity contribution is 5.84. The molecular weight excluding hydrogens is 272 g/mol. The molecule has 4 aliphatic rings. The van der Waals surface area contributed by atoms with E-state index in [-0.39, 0.29) is 10.8 Å². The van der Waals surface area contributed by atoms with Crippen LogP contribution in [-0.4, -0.2) is 16.5 Å². The number of carbonyl (C=O) groups excluding carboxylic acids is 1. The maximum Gasteiger partial charge on any atom is 0.137 e. The molecule has 0 spiro atoms. The molecule has 0 aromatic carbocycles. The summed E-state index contributed by atoms with van der Waals surface area (Å²) in [6.07, 6.45) is 10.4. The summed E-state index contributed by atoms with van der Waals surface area (Å²) in [4.78, 5) is 13.2. The first kappa shape index (κ1) is 15.2. The first-order valence-corrected chi connectivity index (χ1v) is 9.55. The van der Waals surface area contributed by atoms with Gasteiger partial charge in [-0.05, 0) is 68.6 Å². The molecular formula is C20H32O2. The van der Waals surface area contributed by atoms with Gasteiger partial charge >= 0.3 is 0 Å². The van der Waals surface area contributed by atoms with Crippen LogP contribution in [0, 0.1) is 34.5 Å². The third-order valence-electron chi connectivity index (χ3n) is 8.83. The van der Waals surface area contributed by atoms with Crippen molar-refractivity contribution < 1.29 is 9.90 Å². The van der Waals surface area contributed by atoms with E-state index >= 15 is 0 Å². The molecule has 124 valence electrons. The first-order valence-electron chi connectivity index (χ1n) is 9.55. The van der Waals surface area contributed by atoms with Gasteiger partial charge in [0.25, 0.3) is 0 Å². The van der Waals surface area contributed by atoms with Crippen LogP contribution in [-0.2, 0) is 4.79 Å². The zero-order valence-electron chi connectivity index (χ0n) is 14.5. The fourth-order valence-electron chi connectivity index (χ4n) is 7.32. The topological polar surface area (TPSA) is 37.3 Å². The smallest absolute Gasteiger partial charge is 0.137 e. The maximum absolute atomic E-state index is 13.2. The Morgan fingerprint density at radius 2 is 1.77 bits per heavy atom. The zero-order chi connectivity index (χ0) is 15.8. The molecule has 0 aliphatic heterocycles. The second kappa shape index (κ2) is 4.59. The van der Waals surface area contributed by atoms with Crippen LogP contribution in [0.3, 0.4) is 0 Å². The van der Waals surface area contributed by atoms with Crippen LogP contribution >= 0.6 is 0 Å². The Hall–Kier alpha value is -0.370. The van der Waals surface area contributed by atoms with Gasteiger partial charge in [0.15, 0.2) is 0 Å². The summed E-state index contributed by atoms with van der Waals surface area (Å²) >= 11 is 0. The molecule has 0 aromatic rings. The number of hydrogen-bond acceptors (Lipinski definition) is 2. The molecule has 4 fully saturated rings. The van der Waals surface area contributed by atoms with E-state index in [0.29, 0.717) is 30.0 Å². The number of ketones is 1. The Morgan fingerprint density at radius 1 is 1.00 bits per heavy atom. The van der Waals surface area contributed by atoms with Gasteiger partial charge in [-0.3, -0.25) is 4.79 Å². The fraction of sp³-hybridized carbons (Fsp3) is 0.950. The summed E-state index contributed by atoms with van der Waals surface area (Å²) in [7, 11) is 0. The molecule has 4 saturated carbocycles. The summed E-state index contributed by atoms with van der Waals surface area (Å²) in [5.41, 5.74) is -0.570. The van der Waals surface area contributed by atoms with Crippen molar-refractivity contribution in [3.8, 4) is 0 Å². The Kier molecular flexibility index (Phi) is 3.16. The van der Waals surface area contributed by atoms with Crippen molar-refractivity contribution in [3.63, 3.8) is 0 Å². The van der Waals surface area contributed by atoms with Gasteiger partial charge < -0.3 is 5.11 Å². The normalized spacial score (nSPS) is 57.9. The third kappa shape index (κ3) is 1.74. The van der Waals surface area contributed by atoms with Crippen molar-refractivity contribution in [2.75, 3.05) is 0 Å². The number of hydrogen-bond donors (Lipinski definition) is 1. The Balaban J connectivity index is 1.73. The summed E-state index contributed by atoms with van der Waals surface area (Å²) in [6.45, 7) is 6.62. The molecule has 0 heterocycles. The summed E-state index contributed by atoms with van der Waals surface area (Å²) in [6, 6.07) is 0. The van der Waals surface area contributed by atoms with Crippen LogP contribution in [0.2, 0.25) is 0 Å². The van der Waals surface area contributed by atoms with Crippen LogP contribution in [0.15, 0.2) is 0 Å².